The first-order chi connectivity index (χ1) is 17.1. The lowest BCUT2D eigenvalue weighted by Gasteiger charge is -2.53. The third-order valence-electron chi connectivity index (χ3n) is 8.40. The van der Waals surface area contributed by atoms with Crippen LogP contribution in [0.1, 0.15) is 81.1 Å². The maximum atomic E-state index is 12.4. The topological polar surface area (TPSA) is 114 Å². The zero-order valence-corrected chi connectivity index (χ0v) is 23.3. The van der Waals surface area contributed by atoms with E-state index in [9.17, 15) is 19.2 Å². The number of fused-ring (bicyclic) bond motifs is 5. The highest BCUT2D eigenvalue weighted by molar-refractivity contribution is 5.68. The van der Waals surface area contributed by atoms with Gasteiger partial charge in [0.25, 0.3) is 0 Å². The Bertz CT molecular complexity index is 942. The van der Waals surface area contributed by atoms with Crippen LogP contribution in [-0.4, -0.2) is 59.5 Å². The van der Waals surface area contributed by atoms with Crippen LogP contribution in [0.3, 0.4) is 0 Å². The molecule has 2 aliphatic heterocycles. The molecule has 2 saturated heterocycles. The first kappa shape index (κ1) is 29.1. The fraction of sp³-hybridized carbons (Fsp3) is 0.786. The number of rotatable bonds is 5. The molecule has 1 aliphatic carbocycles. The first-order valence-electron chi connectivity index (χ1n) is 13.2. The number of carbonyl (C=O) groups excluding carboxylic acids is 4. The van der Waals surface area contributed by atoms with Crippen molar-refractivity contribution in [3.8, 4) is 0 Å². The molecule has 0 aromatic rings. The van der Waals surface area contributed by atoms with Crippen LogP contribution in [0, 0.1) is 23.7 Å². The summed E-state index contributed by atoms with van der Waals surface area (Å²) < 4.78 is 30.2. The molecule has 3 aliphatic rings. The van der Waals surface area contributed by atoms with Crippen LogP contribution in [0.15, 0.2) is 12.2 Å². The minimum Gasteiger partial charge on any atom is -0.458 e. The summed E-state index contributed by atoms with van der Waals surface area (Å²) in [6, 6.07) is 0. The zero-order valence-electron chi connectivity index (χ0n) is 23.3. The van der Waals surface area contributed by atoms with Gasteiger partial charge < -0.3 is 23.7 Å². The van der Waals surface area contributed by atoms with Gasteiger partial charge >= 0.3 is 23.9 Å². The van der Waals surface area contributed by atoms with Gasteiger partial charge in [-0.05, 0) is 56.9 Å². The van der Waals surface area contributed by atoms with Crippen LogP contribution in [0.5, 0.6) is 0 Å². The highest BCUT2D eigenvalue weighted by Crippen LogP contribution is 2.59. The summed E-state index contributed by atoms with van der Waals surface area (Å²) in [7, 11) is 0. The van der Waals surface area contributed by atoms with Crippen LogP contribution >= 0.6 is 0 Å². The van der Waals surface area contributed by atoms with E-state index in [1.165, 1.54) is 27.7 Å². The number of esters is 4. The molecular formula is C28H42O9. The highest BCUT2D eigenvalue weighted by atomic mass is 16.6. The van der Waals surface area contributed by atoms with Crippen molar-refractivity contribution < 1.29 is 42.9 Å². The quantitative estimate of drug-likeness (QED) is 0.301. The third-order valence-corrected chi connectivity index (χ3v) is 8.40. The number of carbonyl (C=O) groups is 4. The predicted molar refractivity (Wildman–Crippen MR) is 133 cm³/mol. The van der Waals surface area contributed by atoms with Crippen LogP contribution in [0.2, 0.25) is 0 Å². The van der Waals surface area contributed by atoms with Crippen LogP contribution in [0.4, 0.5) is 0 Å². The summed E-state index contributed by atoms with van der Waals surface area (Å²) in [5.74, 6) is -2.17. The monoisotopic (exact) mass is 522 g/mol. The standard InChI is InChI=1S/C28H42O9/c1-14(2)20-13-23(34-17(5)30)28(9,37-19(7)32)25-22-12-15(3)21(33-16(4)29)10-11-27(8,36-18(6)31)26(35-22)24(20)25/h14,20-26H,3,10-13H2,1-2,4-9H3/t20-,21+,22+,23+,24-,25-,26+,27+,28-/m0/s1. The average Bonchev–Trinajstić information content (AvgIpc) is 3.13. The summed E-state index contributed by atoms with van der Waals surface area (Å²) in [4.78, 5) is 48.7. The molecule has 0 aromatic heterocycles. The molecule has 0 amide bonds. The van der Waals surface area contributed by atoms with Crippen molar-refractivity contribution in [1.29, 1.82) is 0 Å². The van der Waals surface area contributed by atoms with Crippen molar-refractivity contribution in [3.05, 3.63) is 12.2 Å². The van der Waals surface area contributed by atoms with E-state index in [-0.39, 0.29) is 17.8 Å². The van der Waals surface area contributed by atoms with E-state index >= 15 is 0 Å². The van der Waals surface area contributed by atoms with Gasteiger partial charge in [0.05, 0.1) is 6.10 Å². The lowest BCUT2D eigenvalue weighted by Crippen LogP contribution is -2.63. The van der Waals surface area contributed by atoms with Crippen molar-refractivity contribution in [2.24, 2.45) is 23.7 Å². The molecule has 9 heteroatoms. The lowest BCUT2D eigenvalue weighted by atomic mass is 9.56. The van der Waals surface area contributed by atoms with Crippen LogP contribution in [-0.2, 0) is 42.9 Å². The van der Waals surface area contributed by atoms with E-state index in [0.717, 1.165) is 0 Å². The Balaban J connectivity index is 2.20. The number of ether oxygens (including phenoxy) is 5. The molecule has 3 fully saturated rings. The molecule has 0 spiro atoms. The molecule has 1 saturated carbocycles. The molecular weight excluding hydrogens is 480 g/mol. The Hall–Kier alpha value is -2.42. The number of hydrogen-bond acceptors (Lipinski definition) is 9. The van der Waals surface area contributed by atoms with E-state index in [2.05, 4.69) is 20.4 Å². The predicted octanol–water partition coefficient (Wildman–Crippen LogP) is 3.91. The smallest absolute Gasteiger partial charge is 0.303 e. The molecule has 0 aromatic carbocycles. The average molecular weight is 523 g/mol. The summed E-state index contributed by atoms with van der Waals surface area (Å²) >= 11 is 0. The van der Waals surface area contributed by atoms with Gasteiger partial charge in [-0.15, -0.1) is 0 Å². The van der Waals surface area contributed by atoms with Gasteiger partial charge in [0.1, 0.15) is 23.9 Å². The van der Waals surface area contributed by atoms with Crippen molar-refractivity contribution >= 4 is 23.9 Å². The lowest BCUT2D eigenvalue weighted by molar-refractivity contribution is -0.216. The SMILES string of the molecule is C=C1C[C@H]2O[C@H]([C@@H]3[C@H]2[C@@](C)(OC(C)=O)[C@H](OC(C)=O)C[C@H]3C(C)C)[C@](C)(OC(C)=O)CC[C@H]1OC(C)=O. The van der Waals surface area contributed by atoms with Crippen molar-refractivity contribution in [1.82, 2.24) is 0 Å². The molecule has 37 heavy (non-hydrogen) atoms. The van der Waals surface area contributed by atoms with E-state index in [1.54, 1.807) is 6.92 Å². The summed E-state index contributed by atoms with van der Waals surface area (Å²) in [5, 5.41) is 0. The molecule has 3 rings (SSSR count). The van der Waals surface area contributed by atoms with Gasteiger partial charge in [-0.25, -0.2) is 0 Å². The Labute approximate surface area is 219 Å². The fourth-order valence-corrected chi connectivity index (χ4v) is 7.08. The number of hydrogen-bond donors (Lipinski definition) is 0. The second-order valence-electron chi connectivity index (χ2n) is 11.6. The largest absolute Gasteiger partial charge is 0.458 e. The molecule has 0 unspecified atom stereocenters. The normalized spacial score (nSPS) is 39.5. The van der Waals surface area contributed by atoms with E-state index in [0.29, 0.717) is 31.3 Å². The minimum absolute atomic E-state index is 0.0276. The van der Waals surface area contributed by atoms with Crippen molar-refractivity contribution in [2.45, 2.75) is 117 Å². The fourth-order valence-electron chi connectivity index (χ4n) is 7.08. The Morgan fingerprint density at radius 3 is 2.05 bits per heavy atom. The van der Waals surface area contributed by atoms with Gasteiger partial charge in [-0.1, -0.05) is 20.4 Å². The maximum Gasteiger partial charge on any atom is 0.303 e. The highest BCUT2D eigenvalue weighted by Gasteiger charge is 2.67. The van der Waals surface area contributed by atoms with E-state index in [1.807, 2.05) is 6.92 Å². The van der Waals surface area contributed by atoms with E-state index < -0.39 is 65.4 Å². The summed E-state index contributed by atoms with van der Waals surface area (Å²) in [5.41, 5.74) is -1.56. The molecule has 9 nitrogen and oxygen atoms in total. The molecule has 0 N–H and O–H groups in total. The molecule has 9 atom stereocenters. The molecule has 208 valence electrons. The van der Waals surface area contributed by atoms with Gasteiger partial charge in [-0.2, -0.15) is 0 Å². The summed E-state index contributed by atoms with van der Waals surface area (Å²) in [6.07, 6.45) is -0.659. The molecule has 2 bridgehead atoms. The second-order valence-corrected chi connectivity index (χ2v) is 11.6. The van der Waals surface area contributed by atoms with E-state index in [4.69, 9.17) is 23.7 Å². The van der Waals surface area contributed by atoms with Gasteiger partial charge in [0.2, 0.25) is 0 Å². The van der Waals surface area contributed by atoms with Crippen molar-refractivity contribution in [2.75, 3.05) is 0 Å². The van der Waals surface area contributed by atoms with Crippen LogP contribution in [0.25, 0.3) is 0 Å². The van der Waals surface area contributed by atoms with Crippen LogP contribution < -0.4 is 0 Å². The Morgan fingerprint density at radius 1 is 0.946 bits per heavy atom. The molecule has 0 radical (unpaired) electrons. The Kier molecular flexibility index (Phi) is 8.47. The summed E-state index contributed by atoms with van der Waals surface area (Å²) in [6.45, 7) is 17.5. The Morgan fingerprint density at radius 2 is 1.54 bits per heavy atom. The van der Waals surface area contributed by atoms with Gasteiger partial charge in [-0.3, -0.25) is 19.2 Å². The minimum atomic E-state index is -1.19. The first-order valence-corrected chi connectivity index (χ1v) is 13.2. The maximum absolute atomic E-state index is 12.4. The van der Waals surface area contributed by atoms with Gasteiger partial charge in [0.15, 0.2) is 5.60 Å². The van der Waals surface area contributed by atoms with Gasteiger partial charge in [0, 0.05) is 39.5 Å². The zero-order chi connectivity index (χ0) is 27.9. The third kappa shape index (κ3) is 5.86. The second kappa shape index (κ2) is 10.8. The van der Waals surface area contributed by atoms with Crippen molar-refractivity contribution in [3.63, 3.8) is 0 Å². The molecule has 2 heterocycles.